The first-order valence-electron chi connectivity index (χ1n) is 8.21. The van der Waals surface area contributed by atoms with Gasteiger partial charge in [0.15, 0.2) is 0 Å². The van der Waals surface area contributed by atoms with Crippen LogP contribution in [-0.2, 0) is 9.53 Å². The number of carbonyl (C=O) groups is 2. The van der Waals surface area contributed by atoms with Crippen molar-refractivity contribution in [2.75, 3.05) is 19.6 Å². The Balaban J connectivity index is 1.90. The summed E-state index contributed by atoms with van der Waals surface area (Å²) in [5.74, 6) is 0.313. The highest BCUT2D eigenvalue weighted by molar-refractivity contribution is 5.81. The highest BCUT2D eigenvalue weighted by Crippen LogP contribution is 2.30. The van der Waals surface area contributed by atoms with E-state index < -0.39 is 11.6 Å². The molecule has 1 unspecified atom stereocenters. The van der Waals surface area contributed by atoms with Crippen LogP contribution in [0.25, 0.3) is 0 Å². The molecule has 1 saturated heterocycles. The normalized spacial score (nSPS) is 23.3. The molecule has 2 fully saturated rings. The molecule has 6 heteroatoms. The van der Waals surface area contributed by atoms with Gasteiger partial charge in [-0.1, -0.05) is 0 Å². The third kappa shape index (κ3) is 4.60. The second-order valence-corrected chi connectivity index (χ2v) is 7.59. The maximum absolute atomic E-state index is 12.4. The minimum atomic E-state index is -0.475. The quantitative estimate of drug-likeness (QED) is 0.855. The van der Waals surface area contributed by atoms with Gasteiger partial charge in [0.25, 0.3) is 0 Å². The zero-order valence-electron chi connectivity index (χ0n) is 14.2. The van der Waals surface area contributed by atoms with Gasteiger partial charge in [-0.25, -0.2) is 4.79 Å². The lowest BCUT2D eigenvalue weighted by molar-refractivity contribution is -0.131. The zero-order valence-corrected chi connectivity index (χ0v) is 14.2. The first-order valence-corrected chi connectivity index (χ1v) is 8.21. The number of carbonyl (C=O) groups excluding carboxylic acids is 2. The van der Waals surface area contributed by atoms with Crippen molar-refractivity contribution in [3.63, 3.8) is 0 Å². The lowest BCUT2D eigenvalue weighted by atomic mass is 10.1. The van der Waals surface area contributed by atoms with Crippen LogP contribution in [0.3, 0.4) is 0 Å². The Kier molecular flexibility index (Phi) is 5.00. The molecule has 22 heavy (non-hydrogen) atoms. The predicted molar refractivity (Wildman–Crippen MR) is 84.3 cm³/mol. The van der Waals surface area contributed by atoms with Crippen LogP contribution in [0.4, 0.5) is 4.79 Å². The van der Waals surface area contributed by atoms with Crippen LogP contribution < -0.4 is 5.73 Å². The summed E-state index contributed by atoms with van der Waals surface area (Å²) in [6.45, 7) is 9.46. The van der Waals surface area contributed by atoms with E-state index in [0.717, 1.165) is 25.8 Å². The van der Waals surface area contributed by atoms with Gasteiger partial charge in [-0.2, -0.15) is 0 Å². The summed E-state index contributed by atoms with van der Waals surface area (Å²) in [4.78, 5) is 28.0. The number of amides is 2. The average Bonchev–Trinajstić information content (AvgIpc) is 3.11. The van der Waals surface area contributed by atoms with E-state index in [1.165, 1.54) is 0 Å². The summed E-state index contributed by atoms with van der Waals surface area (Å²) in [6.07, 6.45) is 2.79. The average molecular weight is 311 g/mol. The van der Waals surface area contributed by atoms with Gasteiger partial charge in [0.05, 0.1) is 6.04 Å². The number of hydrogen-bond acceptors (Lipinski definition) is 4. The van der Waals surface area contributed by atoms with Crippen LogP contribution in [0.1, 0.15) is 47.0 Å². The lowest BCUT2D eigenvalue weighted by Crippen LogP contribution is -2.43. The monoisotopic (exact) mass is 311 g/mol. The third-order valence-electron chi connectivity index (χ3n) is 4.06. The summed E-state index contributed by atoms with van der Waals surface area (Å²) in [5, 5.41) is 0. The summed E-state index contributed by atoms with van der Waals surface area (Å²) >= 11 is 0. The molecule has 126 valence electrons. The molecule has 0 spiro atoms. The highest BCUT2D eigenvalue weighted by atomic mass is 16.6. The van der Waals surface area contributed by atoms with E-state index in [9.17, 15) is 9.59 Å². The number of hydrogen-bond donors (Lipinski definition) is 1. The Labute approximate surface area is 132 Å². The summed E-state index contributed by atoms with van der Waals surface area (Å²) in [6, 6.07) is -0.142. The highest BCUT2D eigenvalue weighted by Gasteiger charge is 2.38. The number of nitrogens with zero attached hydrogens (tertiary/aromatic N) is 2. The van der Waals surface area contributed by atoms with Crippen molar-refractivity contribution in [1.29, 1.82) is 0 Å². The van der Waals surface area contributed by atoms with Gasteiger partial charge >= 0.3 is 6.09 Å². The number of rotatable bonds is 4. The first-order chi connectivity index (χ1) is 10.2. The van der Waals surface area contributed by atoms with E-state index in [-0.39, 0.29) is 12.0 Å². The van der Waals surface area contributed by atoms with Gasteiger partial charge in [-0.15, -0.1) is 0 Å². The number of nitrogens with two attached hydrogens (primary N) is 1. The maximum atomic E-state index is 12.4. The number of likely N-dealkylation sites (tertiary alicyclic amines) is 1. The van der Waals surface area contributed by atoms with E-state index in [1.807, 2.05) is 30.6 Å². The Morgan fingerprint density at radius 2 is 1.95 bits per heavy atom. The van der Waals surface area contributed by atoms with Crippen molar-refractivity contribution in [2.45, 2.75) is 64.6 Å². The molecule has 0 radical (unpaired) electrons. The molecule has 2 aliphatic rings. The molecule has 6 nitrogen and oxygen atoms in total. The van der Waals surface area contributed by atoms with E-state index in [4.69, 9.17) is 10.5 Å². The molecule has 1 aliphatic carbocycles. The first kappa shape index (κ1) is 17.1. The molecule has 2 atom stereocenters. The molecule has 1 aliphatic heterocycles. The molecule has 0 bridgehead atoms. The predicted octanol–water partition coefficient (Wildman–Crippen LogP) is 1.58. The molecule has 0 aromatic carbocycles. The molecule has 2 N–H and O–H groups in total. The van der Waals surface area contributed by atoms with Crippen LogP contribution in [0, 0.1) is 5.92 Å². The standard InChI is InChI=1S/C16H29N3O3/c1-11(17)14(20)18-8-7-12(9-18)10-19(13-5-6-13)15(21)22-16(2,3)4/h11-13H,5-10,17H2,1-4H3/t11-,12?/m0/s1. The lowest BCUT2D eigenvalue weighted by Gasteiger charge is -2.29. The second-order valence-electron chi connectivity index (χ2n) is 7.59. The number of ether oxygens (including phenoxy) is 1. The molecule has 0 aromatic heterocycles. The van der Waals surface area contributed by atoms with E-state index in [2.05, 4.69) is 0 Å². The Morgan fingerprint density at radius 3 is 2.45 bits per heavy atom. The largest absolute Gasteiger partial charge is 0.444 e. The summed E-state index contributed by atoms with van der Waals surface area (Å²) in [7, 11) is 0. The van der Waals surface area contributed by atoms with Crippen LogP contribution >= 0.6 is 0 Å². The molecular weight excluding hydrogens is 282 g/mol. The topological polar surface area (TPSA) is 75.9 Å². The van der Waals surface area contributed by atoms with Crippen LogP contribution in [0.15, 0.2) is 0 Å². The molecule has 1 saturated carbocycles. The fourth-order valence-electron chi connectivity index (χ4n) is 2.83. The van der Waals surface area contributed by atoms with Gasteiger partial charge in [-0.05, 0) is 52.9 Å². The van der Waals surface area contributed by atoms with Crippen molar-refractivity contribution in [3.8, 4) is 0 Å². The Bertz CT molecular complexity index is 427. The zero-order chi connectivity index (χ0) is 16.5. The second kappa shape index (κ2) is 6.44. The Morgan fingerprint density at radius 1 is 1.32 bits per heavy atom. The molecule has 0 aromatic rings. The molecule has 2 rings (SSSR count). The van der Waals surface area contributed by atoms with E-state index in [0.29, 0.717) is 25.0 Å². The molecular formula is C16H29N3O3. The van der Waals surface area contributed by atoms with Crippen LogP contribution in [-0.4, -0.2) is 59.1 Å². The van der Waals surface area contributed by atoms with Crippen molar-refractivity contribution >= 4 is 12.0 Å². The SMILES string of the molecule is C[C@H](N)C(=O)N1CCC(CN(C(=O)OC(C)(C)C)C2CC2)C1. The fourth-order valence-corrected chi connectivity index (χ4v) is 2.83. The molecule has 2 amide bonds. The minimum absolute atomic E-state index is 0.00209. The smallest absolute Gasteiger partial charge is 0.410 e. The van der Waals surface area contributed by atoms with Crippen molar-refractivity contribution in [3.05, 3.63) is 0 Å². The summed E-state index contributed by atoms with van der Waals surface area (Å²) in [5.41, 5.74) is 5.19. The van der Waals surface area contributed by atoms with Crippen molar-refractivity contribution in [1.82, 2.24) is 9.80 Å². The van der Waals surface area contributed by atoms with Gasteiger partial charge in [0.2, 0.25) is 5.91 Å². The minimum Gasteiger partial charge on any atom is -0.444 e. The van der Waals surface area contributed by atoms with Crippen molar-refractivity contribution in [2.24, 2.45) is 11.7 Å². The van der Waals surface area contributed by atoms with Gasteiger partial charge in [0.1, 0.15) is 5.60 Å². The van der Waals surface area contributed by atoms with Crippen molar-refractivity contribution < 1.29 is 14.3 Å². The maximum Gasteiger partial charge on any atom is 0.410 e. The summed E-state index contributed by atoms with van der Waals surface area (Å²) < 4.78 is 5.51. The fraction of sp³-hybridized carbons (Fsp3) is 0.875. The van der Waals surface area contributed by atoms with Crippen LogP contribution in [0.2, 0.25) is 0 Å². The van der Waals surface area contributed by atoms with E-state index >= 15 is 0 Å². The third-order valence-corrected chi connectivity index (χ3v) is 4.06. The van der Waals surface area contributed by atoms with Gasteiger partial charge in [-0.3, -0.25) is 4.79 Å². The van der Waals surface area contributed by atoms with Gasteiger partial charge in [0, 0.05) is 25.7 Å². The Hall–Kier alpha value is -1.30. The molecule has 1 heterocycles. The van der Waals surface area contributed by atoms with Crippen LogP contribution in [0.5, 0.6) is 0 Å². The van der Waals surface area contributed by atoms with Gasteiger partial charge < -0.3 is 20.3 Å². The van der Waals surface area contributed by atoms with E-state index in [1.54, 1.807) is 6.92 Å².